The molecule has 0 amide bonds. The van der Waals surface area contributed by atoms with E-state index in [1.807, 2.05) is 13.8 Å². The number of carbonyl (C=O) groups is 1. The maximum atomic E-state index is 12.1. The SMILES string of the molecule is CC(C)OC(=O)CCCC1CCC2C3C(O)CC4CC(NCCCNCCCNCCCN)CCC4(C)C3CCC12C. The Labute approximate surface area is 257 Å². The maximum Gasteiger partial charge on any atom is 0.306 e. The summed E-state index contributed by atoms with van der Waals surface area (Å²) in [5.74, 6) is 3.04. The van der Waals surface area contributed by atoms with Gasteiger partial charge in [-0.25, -0.2) is 0 Å². The van der Waals surface area contributed by atoms with Crippen LogP contribution in [0.5, 0.6) is 0 Å². The van der Waals surface area contributed by atoms with E-state index < -0.39 is 0 Å². The van der Waals surface area contributed by atoms with Crippen LogP contribution < -0.4 is 21.7 Å². The van der Waals surface area contributed by atoms with Crippen LogP contribution in [0, 0.1) is 40.4 Å². The van der Waals surface area contributed by atoms with Crippen molar-refractivity contribution >= 4 is 5.97 Å². The van der Waals surface area contributed by atoms with Gasteiger partial charge in [0, 0.05) is 12.5 Å². The minimum absolute atomic E-state index is 0.0257. The topological polar surface area (TPSA) is 109 Å². The molecule has 4 fully saturated rings. The molecule has 0 aliphatic heterocycles. The Morgan fingerprint density at radius 2 is 1.55 bits per heavy atom. The zero-order valence-electron chi connectivity index (χ0n) is 27.6. The second-order valence-electron chi connectivity index (χ2n) is 15.3. The Bertz CT molecular complexity index is 826. The molecule has 7 heteroatoms. The Morgan fingerprint density at radius 1 is 0.881 bits per heavy atom. The lowest BCUT2D eigenvalue weighted by atomic mass is 9.44. The van der Waals surface area contributed by atoms with E-state index >= 15 is 0 Å². The first-order valence-corrected chi connectivity index (χ1v) is 17.9. The van der Waals surface area contributed by atoms with E-state index in [-0.39, 0.29) is 18.2 Å². The molecular formula is C35H66N4O3. The van der Waals surface area contributed by atoms with E-state index in [1.54, 1.807) is 0 Å². The summed E-state index contributed by atoms with van der Waals surface area (Å²) >= 11 is 0. The highest BCUT2D eigenvalue weighted by Gasteiger charge is 2.62. The Morgan fingerprint density at radius 3 is 2.26 bits per heavy atom. The highest BCUT2D eigenvalue weighted by atomic mass is 16.5. The third kappa shape index (κ3) is 8.29. The Balaban J connectivity index is 1.20. The summed E-state index contributed by atoms with van der Waals surface area (Å²) in [5.41, 5.74) is 6.23. The number of hydrogen-bond acceptors (Lipinski definition) is 7. The molecule has 4 rings (SSSR count). The molecule has 0 aromatic rings. The number of fused-ring (bicyclic) bond motifs is 5. The lowest BCUT2D eigenvalue weighted by molar-refractivity contribution is -0.165. The van der Waals surface area contributed by atoms with Crippen LogP contribution in [0.1, 0.15) is 118 Å². The largest absolute Gasteiger partial charge is 0.463 e. The highest BCUT2D eigenvalue weighted by Crippen LogP contribution is 2.67. The first-order valence-electron chi connectivity index (χ1n) is 17.9. The number of aliphatic hydroxyl groups is 1. The van der Waals surface area contributed by atoms with Crippen molar-refractivity contribution in [2.75, 3.05) is 39.3 Å². The molecule has 9 atom stereocenters. The Kier molecular flexibility index (Phi) is 13.0. The van der Waals surface area contributed by atoms with E-state index in [0.717, 1.165) is 65.0 Å². The molecule has 4 aliphatic carbocycles. The molecule has 4 aliphatic rings. The van der Waals surface area contributed by atoms with Crippen LogP contribution in [-0.4, -0.2) is 68.6 Å². The van der Waals surface area contributed by atoms with Gasteiger partial charge in [0.25, 0.3) is 0 Å². The van der Waals surface area contributed by atoms with Gasteiger partial charge in [-0.15, -0.1) is 0 Å². The fourth-order valence-electron chi connectivity index (χ4n) is 10.1. The number of hydrogen-bond donors (Lipinski definition) is 5. The summed E-state index contributed by atoms with van der Waals surface area (Å²) in [4.78, 5) is 12.1. The third-order valence-corrected chi connectivity index (χ3v) is 12.4. The maximum absolute atomic E-state index is 12.1. The fraction of sp³-hybridized carbons (Fsp3) is 0.971. The molecule has 42 heavy (non-hydrogen) atoms. The second kappa shape index (κ2) is 16.0. The first kappa shape index (κ1) is 34.1. The minimum atomic E-state index is -0.148. The molecular weight excluding hydrogens is 524 g/mol. The number of carbonyl (C=O) groups excluding carboxylic acids is 1. The summed E-state index contributed by atoms with van der Waals surface area (Å²) in [7, 11) is 0. The lowest BCUT2D eigenvalue weighted by Gasteiger charge is -2.62. The summed E-state index contributed by atoms with van der Waals surface area (Å²) in [6.45, 7) is 15.1. The van der Waals surface area contributed by atoms with E-state index in [9.17, 15) is 9.90 Å². The number of esters is 1. The number of ether oxygens (including phenoxy) is 1. The van der Waals surface area contributed by atoms with Gasteiger partial charge in [-0.05, 0) is 177 Å². The summed E-state index contributed by atoms with van der Waals surface area (Å²) in [5, 5.41) is 22.6. The monoisotopic (exact) mass is 591 g/mol. The average molecular weight is 591 g/mol. The van der Waals surface area contributed by atoms with E-state index in [2.05, 4.69) is 29.8 Å². The van der Waals surface area contributed by atoms with Crippen LogP contribution in [0.3, 0.4) is 0 Å². The molecule has 4 saturated carbocycles. The van der Waals surface area contributed by atoms with Gasteiger partial charge in [0.2, 0.25) is 0 Å². The van der Waals surface area contributed by atoms with Gasteiger partial charge in [0.15, 0.2) is 0 Å². The smallest absolute Gasteiger partial charge is 0.306 e. The van der Waals surface area contributed by atoms with Crippen molar-refractivity contribution in [2.24, 2.45) is 46.2 Å². The van der Waals surface area contributed by atoms with Crippen LogP contribution in [-0.2, 0) is 9.53 Å². The second-order valence-corrected chi connectivity index (χ2v) is 15.3. The van der Waals surface area contributed by atoms with Crippen LogP contribution >= 0.6 is 0 Å². The van der Waals surface area contributed by atoms with Crippen molar-refractivity contribution in [3.8, 4) is 0 Å². The summed E-state index contributed by atoms with van der Waals surface area (Å²) in [6, 6.07) is 0.602. The van der Waals surface area contributed by atoms with Gasteiger partial charge in [-0.1, -0.05) is 13.8 Å². The van der Waals surface area contributed by atoms with Gasteiger partial charge in [0.05, 0.1) is 12.2 Å². The van der Waals surface area contributed by atoms with Gasteiger partial charge >= 0.3 is 5.97 Å². The molecule has 0 heterocycles. The zero-order chi connectivity index (χ0) is 30.2. The lowest BCUT2D eigenvalue weighted by Crippen LogP contribution is -2.59. The normalized spacial score (nSPS) is 37.7. The molecule has 6 N–H and O–H groups in total. The van der Waals surface area contributed by atoms with Gasteiger partial charge < -0.3 is 31.5 Å². The molecule has 0 radical (unpaired) electrons. The molecule has 244 valence electrons. The molecule has 0 aromatic carbocycles. The quantitative estimate of drug-likeness (QED) is 0.120. The van der Waals surface area contributed by atoms with Crippen molar-refractivity contribution in [3.63, 3.8) is 0 Å². The Hall–Kier alpha value is -0.730. The standard InChI is InChI=1S/C35H66N4O3/c1-25(2)42-32(41)10-5-9-26-11-12-29-33-30(14-16-34(26,29)3)35(4)15-13-28(23-27(35)24-31(33)40)39-22-8-21-38-20-7-19-37-18-6-17-36/h25-31,33,37-40H,5-24,36H2,1-4H3. The molecule has 0 saturated heterocycles. The predicted molar refractivity (Wildman–Crippen MR) is 172 cm³/mol. The third-order valence-electron chi connectivity index (χ3n) is 12.4. The number of nitrogens with one attached hydrogen (secondary N) is 3. The van der Waals surface area contributed by atoms with Crippen molar-refractivity contribution < 1.29 is 14.6 Å². The van der Waals surface area contributed by atoms with Gasteiger partial charge in [0.1, 0.15) is 0 Å². The van der Waals surface area contributed by atoms with E-state index in [4.69, 9.17) is 10.5 Å². The van der Waals surface area contributed by atoms with Gasteiger partial charge in [-0.3, -0.25) is 4.79 Å². The molecule has 0 aromatic heterocycles. The molecule has 9 unspecified atom stereocenters. The van der Waals surface area contributed by atoms with Crippen molar-refractivity contribution in [1.82, 2.24) is 16.0 Å². The first-order chi connectivity index (χ1) is 20.2. The van der Waals surface area contributed by atoms with Crippen molar-refractivity contribution in [3.05, 3.63) is 0 Å². The number of nitrogens with two attached hydrogens (primary N) is 1. The number of rotatable bonds is 17. The van der Waals surface area contributed by atoms with Crippen LogP contribution in [0.15, 0.2) is 0 Å². The number of aliphatic hydroxyl groups excluding tert-OH is 1. The summed E-state index contributed by atoms with van der Waals surface area (Å²) in [6.07, 6.45) is 15.8. The van der Waals surface area contributed by atoms with Crippen LogP contribution in [0.25, 0.3) is 0 Å². The zero-order valence-corrected chi connectivity index (χ0v) is 27.6. The van der Waals surface area contributed by atoms with Crippen LogP contribution in [0.2, 0.25) is 0 Å². The minimum Gasteiger partial charge on any atom is -0.463 e. The van der Waals surface area contributed by atoms with Crippen molar-refractivity contribution in [2.45, 2.75) is 136 Å². The van der Waals surface area contributed by atoms with Crippen LogP contribution in [0.4, 0.5) is 0 Å². The fourth-order valence-corrected chi connectivity index (χ4v) is 10.1. The van der Waals surface area contributed by atoms with E-state index in [1.165, 1.54) is 57.8 Å². The summed E-state index contributed by atoms with van der Waals surface area (Å²) < 4.78 is 5.37. The van der Waals surface area contributed by atoms with Gasteiger partial charge in [-0.2, -0.15) is 0 Å². The highest BCUT2D eigenvalue weighted by molar-refractivity contribution is 5.69. The molecule has 0 spiro atoms. The van der Waals surface area contributed by atoms with E-state index in [0.29, 0.717) is 52.9 Å². The predicted octanol–water partition coefficient (Wildman–Crippen LogP) is 5.00. The average Bonchev–Trinajstić information content (AvgIpc) is 3.28. The van der Waals surface area contributed by atoms with Crippen molar-refractivity contribution in [1.29, 1.82) is 0 Å². The molecule has 0 bridgehead atoms. The molecule has 7 nitrogen and oxygen atoms in total.